The van der Waals surface area contributed by atoms with Crippen molar-refractivity contribution < 1.29 is 4.79 Å². The average Bonchev–Trinajstić information content (AvgIpc) is 2.92. The van der Waals surface area contributed by atoms with Gasteiger partial charge in [-0.15, -0.1) is 11.3 Å². The number of hydrogen-bond donors (Lipinski definition) is 1. The van der Waals surface area contributed by atoms with E-state index in [0.717, 1.165) is 12.8 Å². The Morgan fingerprint density at radius 2 is 2.21 bits per heavy atom. The molecule has 4 heteroatoms. The van der Waals surface area contributed by atoms with Crippen molar-refractivity contribution >= 4 is 17.2 Å². The van der Waals surface area contributed by atoms with Gasteiger partial charge < -0.3 is 5.32 Å². The summed E-state index contributed by atoms with van der Waals surface area (Å²) >= 11 is 1.75. The lowest BCUT2D eigenvalue weighted by Gasteiger charge is -2.26. The highest BCUT2D eigenvalue weighted by Gasteiger charge is 2.19. The number of rotatable bonds is 5. The van der Waals surface area contributed by atoms with Crippen molar-refractivity contribution in [3.05, 3.63) is 22.4 Å². The lowest BCUT2D eigenvalue weighted by Crippen LogP contribution is -2.42. The molecular formula is C15H24N2OS. The molecule has 1 amide bonds. The molecule has 1 aliphatic rings. The molecule has 0 spiro atoms. The van der Waals surface area contributed by atoms with Crippen LogP contribution in [0, 0.1) is 0 Å². The van der Waals surface area contributed by atoms with Crippen molar-refractivity contribution in [2.45, 2.75) is 51.1 Å². The molecule has 1 aromatic rings. The maximum absolute atomic E-state index is 12.0. The van der Waals surface area contributed by atoms with Crippen LogP contribution in [0.3, 0.4) is 0 Å². The summed E-state index contributed by atoms with van der Waals surface area (Å²) in [6.45, 7) is 2.63. The number of amides is 1. The highest BCUT2D eigenvalue weighted by atomic mass is 32.1. The maximum atomic E-state index is 12.0. The van der Waals surface area contributed by atoms with Crippen LogP contribution in [0.25, 0.3) is 0 Å². The van der Waals surface area contributed by atoms with Crippen molar-refractivity contribution in [2.24, 2.45) is 0 Å². The molecule has 3 nitrogen and oxygen atoms in total. The second kappa shape index (κ2) is 7.06. The fourth-order valence-corrected chi connectivity index (χ4v) is 3.48. The van der Waals surface area contributed by atoms with Crippen molar-refractivity contribution in [2.75, 3.05) is 13.6 Å². The minimum absolute atomic E-state index is 0.165. The molecule has 0 aliphatic heterocycles. The highest BCUT2D eigenvalue weighted by molar-refractivity contribution is 7.10. The largest absolute Gasteiger partial charge is 0.352 e. The van der Waals surface area contributed by atoms with E-state index in [0.29, 0.717) is 18.6 Å². The minimum atomic E-state index is 0.165. The topological polar surface area (TPSA) is 32.3 Å². The van der Waals surface area contributed by atoms with Gasteiger partial charge in [-0.3, -0.25) is 9.69 Å². The number of thiophene rings is 1. The Labute approximate surface area is 120 Å². The van der Waals surface area contributed by atoms with E-state index in [2.05, 4.69) is 34.7 Å². The van der Waals surface area contributed by atoms with Gasteiger partial charge in [-0.25, -0.2) is 0 Å². The van der Waals surface area contributed by atoms with E-state index in [1.807, 2.05) is 7.05 Å². The van der Waals surface area contributed by atoms with Gasteiger partial charge in [-0.2, -0.15) is 0 Å². The first kappa shape index (κ1) is 14.5. The van der Waals surface area contributed by atoms with E-state index >= 15 is 0 Å². The van der Waals surface area contributed by atoms with Crippen LogP contribution >= 0.6 is 11.3 Å². The maximum Gasteiger partial charge on any atom is 0.234 e. The third-order valence-corrected chi connectivity index (χ3v) is 5.02. The molecule has 1 unspecified atom stereocenters. The van der Waals surface area contributed by atoms with Crippen LogP contribution in [0.15, 0.2) is 17.5 Å². The molecule has 19 heavy (non-hydrogen) atoms. The molecular weight excluding hydrogens is 256 g/mol. The van der Waals surface area contributed by atoms with Gasteiger partial charge in [0, 0.05) is 17.0 Å². The molecule has 1 aromatic heterocycles. The van der Waals surface area contributed by atoms with Crippen LogP contribution in [-0.2, 0) is 4.79 Å². The fraction of sp³-hybridized carbons (Fsp3) is 0.667. The SMILES string of the molecule is CC(c1cccs1)N(C)CC(=O)NC1CCCCC1. The first-order valence-corrected chi connectivity index (χ1v) is 8.08. The Hall–Kier alpha value is -0.870. The number of carbonyl (C=O) groups is 1. The first-order valence-electron chi connectivity index (χ1n) is 7.20. The van der Waals surface area contributed by atoms with Gasteiger partial charge in [0.1, 0.15) is 0 Å². The number of carbonyl (C=O) groups excluding carboxylic acids is 1. The Morgan fingerprint density at radius 3 is 2.84 bits per heavy atom. The smallest absolute Gasteiger partial charge is 0.234 e. The average molecular weight is 280 g/mol. The predicted molar refractivity (Wildman–Crippen MR) is 80.4 cm³/mol. The van der Waals surface area contributed by atoms with E-state index in [1.165, 1.54) is 24.1 Å². The quantitative estimate of drug-likeness (QED) is 0.898. The van der Waals surface area contributed by atoms with Crippen molar-refractivity contribution in [1.82, 2.24) is 10.2 Å². The second-order valence-electron chi connectivity index (χ2n) is 5.51. The van der Waals surface area contributed by atoms with Gasteiger partial charge in [0.25, 0.3) is 0 Å². The normalized spacial score (nSPS) is 18.5. The van der Waals surface area contributed by atoms with Gasteiger partial charge in [0.2, 0.25) is 5.91 Å². The van der Waals surface area contributed by atoms with Crippen LogP contribution in [0.2, 0.25) is 0 Å². The van der Waals surface area contributed by atoms with Gasteiger partial charge in [-0.1, -0.05) is 25.3 Å². The van der Waals surface area contributed by atoms with Crippen LogP contribution in [0.5, 0.6) is 0 Å². The van der Waals surface area contributed by atoms with E-state index < -0.39 is 0 Å². The lowest BCUT2D eigenvalue weighted by molar-refractivity contribution is -0.123. The molecule has 0 saturated heterocycles. The second-order valence-corrected chi connectivity index (χ2v) is 6.49. The highest BCUT2D eigenvalue weighted by Crippen LogP contribution is 2.23. The van der Waals surface area contributed by atoms with E-state index in [4.69, 9.17) is 0 Å². The Balaban J connectivity index is 1.77. The van der Waals surface area contributed by atoms with Gasteiger partial charge in [0.15, 0.2) is 0 Å². The van der Waals surface area contributed by atoms with Crippen molar-refractivity contribution in [3.8, 4) is 0 Å². The third kappa shape index (κ3) is 4.32. The van der Waals surface area contributed by atoms with E-state index in [9.17, 15) is 4.79 Å². The Bertz CT molecular complexity index is 385. The minimum Gasteiger partial charge on any atom is -0.352 e. The monoisotopic (exact) mass is 280 g/mol. The summed E-state index contributed by atoms with van der Waals surface area (Å²) in [5, 5.41) is 5.26. The van der Waals surface area contributed by atoms with Crippen LogP contribution < -0.4 is 5.32 Å². The standard InChI is InChI=1S/C15H24N2OS/c1-12(14-9-6-10-19-14)17(2)11-15(18)16-13-7-4-3-5-8-13/h6,9-10,12-13H,3-5,7-8,11H2,1-2H3,(H,16,18). The van der Waals surface area contributed by atoms with E-state index in [1.54, 1.807) is 11.3 Å². The van der Waals surface area contributed by atoms with Gasteiger partial charge in [0.05, 0.1) is 6.54 Å². The summed E-state index contributed by atoms with van der Waals surface area (Å²) in [6.07, 6.45) is 6.13. The zero-order valence-electron chi connectivity index (χ0n) is 11.9. The molecule has 1 aliphatic carbocycles. The van der Waals surface area contributed by atoms with E-state index in [-0.39, 0.29) is 5.91 Å². The molecule has 1 saturated carbocycles. The first-order chi connectivity index (χ1) is 9.16. The number of hydrogen-bond acceptors (Lipinski definition) is 3. The summed E-state index contributed by atoms with van der Waals surface area (Å²) in [5.74, 6) is 0.165. The summed E-state index contributed by atoms with van der Waals surface area (Å²) in [7, 11) is 2.02. The van der Waals surface area contributed by atoms with Crippen LogP contribution in [0.1, 0.15) is 49.9 Å². The molecule has 0 bridgehead atoms. The molecule has 0 aromatic carbocycles. The summed E-state index contributed by atoms with van der Waals surface area (Å²) in [6, 6.07) is 4.90. The van der Waals surface area contributed by atoms with Crippen molar-refractivity contribution in [3.63, 3.8) is 0 Å². The summed E-state index contributed by atoms with van der Waals surface area (Å²) < 4.78 is 0. The molecule has 106 valence electrons. The summed E-state index contributed by atoms with van der Waals surface area (Å²) in [5.41, 5.74) is 0. The van der Waals surface area contributed by atoms with Crippen LogP contribution in [-0.4, -0.2) is 30.4 Å². The predicted octanol–water partition coefficient (Wildman–Crippen LogP) is 3.19. The van der Waals surface area contributed by atoms with Crippen molar-refractivity contribution in [1.29, 1.82) is 0 Å². The number of nitrogens with one attached hydrogen (secondary N) is 1. The molecule has 1 N–H and O–H groups in total. The summed E-state index contributed by atoms with van der Waals surface area (Å²) in [4.78, 5) is 15.5. The molecule has 0 radical (unpaired) electrons. The number of likely N-dealkylation sites (N-methyl/N-ethyl adjacent to an activating group) is 1. The Kier molecular flexibility index (Phi) is 5.40. The fourth-order valence-electron chi connectivity index (χ4n) is 2.63. The Morgan fingerprint density at radius 1 is 1.47 bits per heavy atom. The molecule has 2 rings (SSSR count). The van der Waals surface area contributed by atoms with Crippen LogP contribution in [0.4, 0.5) is 0 Å². The molecule has 1 heterocycles. The third-order valence-electron chi connectivity index (χ3n) is 3.98. The van der Waals surface area contributed by atoms with Gasteiger partial charge in [-0.05, 0) is 38.3 Å². The molecule has 1 fully saturated rings. The zero-order valence-corrected chi connectivity index (χ0v) is 12.7. The lowest BCUT2D eigenvalue weighted by atomic mass is 9.95. The molecule has 1 atom stereocenters. The number of nitrogens with zero attached hydrogens (tertiary/aromatic N) is 1. The zero-order chi connectivity index (χ0) is 13.7. The van der Waals surface area contributed by atoms with Gasteiger partial charge >= 0.3 is 0 Å².